The number of halogens is 1. The van der Waals surface area contributed by atoms with Crippen molar-refractivity contribution in [3.05, 3.63) is 35.6 Å². The lowest BCUT2D eigenvalue weighted by atomic mass is 10.1. The van der Waals surface area contributed by atoms with Gasteiger partial charge in [0.1, 0.15) is 5.82 Å². The van der Waals surface area contributed by atoms with Gasteiger partial charge in [-0.2, -0.15) is 0 Å². The first-order chi connectivity index (χ1) is 11.3. The molecule has 0 aliphatic rings. The standard InChI is InChI=1S/C16H22FN5OS/c1-5-21(10-12-7-6-8-13(17)9-12)14(23)11-24-15-18-19-20-22(15)16(2,3)4/h6-9H,5,10-11H2,1-4H3. The molecular weight excluding hydrogens is 329 g/mol. The minimum atomic E-state index is -0.297. The number of thioether (sulfide) groups is 1. The van der Waals surface area contributed by atoms with Crippen molar-refractivity contribution in [3.8, 4) is 0 Å². The third-order valence-corrected chi connectivity index (χ3v) is 4.30. The van der Waals surface area contributed by atoms with Crippen molar-refractivity contribution >= 4 is 17.7 Å². The number of carbonyl (C=O) groups is 1. The van der Waals surface area contributed by atoms with Crippen molar-refractivity contribution in [2.45, 2.75) is 44.9 Å². The Morgan fingerprint density at radius 2 is 2.12 bits per heavy atom. The molecule has 0 saturated carbocycles. The van der Waals surface area contributed by atoms with Gasteiger partial charge in [0.15, 0.2) is 0 Å². The normalized spacial score (nSPS) is 11.5. The summed E-state index contributed by atoms with van der Waals surface area (Å²) in [6.45, 7) is 8.84. The molecule has 1 heterocycles. The van der Waals surface area contributed by atoms with Gasteiger partial charge in [0.25, 0.3) is 0 Å². The largest absolute Gasteiger partial charge is 0.338 e. The maximum absolute atomic E-state index is 13.3. The third kappa shape index (κ3) is 4.77. The van der Waals surface area contributed by atoms with Gasteiger partial charge in [0, 0.05) is 13.1 Å². The first-order valence-corrected chi connectivity index (χ1v) is 8.73. The van der Waals surface area contributed by atoms with E-state index >= 15 is 0 Å². The number of tetrazole rings is 1. The summed E-state index contributed by atoms with van der Waals surface area (Å²) in [7, 11) is 0. The summed E-state index contributed by atoms with van der Waals surface area (Å²) in [5, 5.41) is 12.2. The Morgan fingerprint density at radius 3 is 2.75 bits per heavy atom. The van der Waals surface area contributed by atoms with Crippen LogP contribution in [-0.4, -0.2) is 43.3 Å². The molecule has 6 nitrogen and oxygen atoms in total. The SMILES string of the molecule is CCN(Cc1cccc(F)c1)C(=O)CSc1nnnn1C(C)(C)C. The lowest BCUT2D eigenvalue weighted by Crippen LogP contribution is -2.32. The molecule has 8 heteroatoms. The van der Waals surface area contributed by atoms with E-state index in [0.717, 1.165) is 5.56 Å². The predicted octanol–water partition coefficient (Wildman–Crippen LogP) is 2.71. The maximum Gasteiger partial charge on any atom is 0.233 e. The molecule has 0 atom stereocenters. The molecule has 2 rings (SSSR count). The van der Waals surface area contributed by atoms with Crippen LogP contribution in [0.15, 0.2) is 29.4 Å². The van der Waals surface area contributed by atoms with Crippen molar-refractivity contribution < 1.29 is 9.18 Å². The fourth-order valence-electron chi connectivity index (χ4n) is 2.14. The van der Waals surface area contributed by atoms with Crippen LogP contribution in [0.5, 0.6) is 0 Å². The van der Waals surface area contributed by atoms with Gasteiger partial charge in [-0.15, -0.1) is 5.10 Å². The third-order valence-electron chi connectivity index (χ3n) is 3.40. The van der Waals surface area contributed by atoms with Gasteiger partial charge >= 0.3 is 0 Å². The molecule has 0 aliphatic heterocycles. The Kier molecular flexibility index (Phi) is 5.93. The van der Waals surface area contributed by atoms with Crippen LogP contribution < -0.4 is 0 Å². The number of amides is 1. The number of benzene rings is 1. The van der Waals surface area contributed by atoms with E-state index in [9.17, 15) is 9.18 Å². The van der Waals surface area contributed by atoms with E-state index in [4.69, 9.17) is 0 Å². The fourth-order valence-corrected chi connectivity index (χ4v) is 3.10. The molecule has 0 N–H and O–H groups in total. The summed E-state index contributed by atoms with van der Waals surface area (Å²) in [5.74, 6) is -0.0930. The highest BCUT2D eigenvalue weighted by Gasteiger charge is 2.21. The Bertz CT molecular complexity index is 698. The minimum Gasteiger partial charge on any atom is -0.338 e. The number of carbonyl (C=O) groups excluding carboxylic acids is 1. The Hall–Kier alpha value is -1.96. The van der Waals surface area contributed by atoms with Crippen molar-refractivity contribution in [1.82, 2.24) is 25.1 Å². The van der Waals surface area contributed by atoms with Crippen LogP contribution in [0.3, 0.4) is 0 Å². The van der Waals surface area contributed by atoms with Crippen molar-refractivity contribution in [2.24, 2.45) is 0 Å². The molecule has 0 fully saturated rings. The predicted molar refractivity (Wildman–Crippen MR) is 91.0 cm³/mol. The van der Waals surface area contributed by atoms with Crippen LogP contribution in [0, 0.1) is 5.82 Å². The zero-order chi connectivity index (χ0) is 17.7. The van der Waals surface area contributed by atoms with E-state index in [1.807, 2.05) is 33.8 Å². The Labute approximate surface area is 145 Å². The van der Waals surface area contributed by atoms with Gasteiger partial charge in [-0.25, -0.2) is 9.07 Å². The monoisotopic (exact) mass is 351 g/mol. The molecular formula is C16H22FN5OS. The Morgan fingerprint density at radius 1 is 1.38 bits per heavy atom. The molecule has 0 bridgehead atoms. The summed E-state index contributed by atoms with van der Waals surface area (Å²) in [5.41, 5.74) is 0.524. The maximum atomic E-state index is 13.3. The van der Waals surface area contributed by atoms with Gasteiger partial charge in [0.2, 0.25) is 11.1 Å². The highest BCUT2D eigenvalue weighted by Crippen LogP contribution is 2.21. The zero-order valence-electron chi connectivity index (χ0n) is 14.4. The molecule has 130 valence electrons. The lowest BCUT2D eigenvalue weighted by molar-refractivity contribution is -0.128. The molecule has 2 aromatic rings. The fraction of sp³-hybridized carbons (Fsp3) is 0.500. The van der Waals surface area contributed by atoms with Crippen LogP contribution in [0.1, 0.15) is 33.3 Å². The van der Waals surface area contributed by atoms with Crippen LogP contribution in [0.4, 0.5) is 4.39 Å². The van der Waals surface area contributed by atoms with Gasteiger partial charge in [-0.1, -0.05) is 23.9 Å². The van der Waals surface area contributed by atoms with E-state index in [-0.39, 0.29) is 23.0 Å². The smallest absolute Gasteiger partial charge is 0.233 e. The van der Waals surface area contributed by atoms with Gasteiger partial charge in [-0.3, -0.25) is 4.79 Å². The van der Waals surface area contributed by atoms with Crippen molar-refractivity contribution in [2.75, 3.05) is 12.3 Å². The van der Waals surface area contributed by atoms with E-state index in [0.29, 0.717) is 18.2 Å². The molecule has 0 radical (unpaired) electrons. The minimum absolute atomic E-state index is 0.0322. The number of hydrogen-bond donors (Lipinski definition) is 0. The van der Waals surface area contributed by atoms with E-state index in [1.165, 1.54) is 23.9 Å². The number of hydrogen-bond acceptors (Lipinski definition) is 5. The highest BCUT2D eigenvalue weighted by atomic mass is 32.2. The van der Waals surface area contributed by atoms with Gasteiger partial charge in [0.05, 0.1) is 11.3 Å². The summed E-state index contributed by atoms with van der Waals surface area (Å²) in [6, 6.07) is 6.30. The second kappa shape index (κ2) is 7.74. The number of nitrogens with zero attached hydrogens (tertiary/aromatic N) is 5. The van der Waals surface area contributed by atoms with Crippen LogP contribution in [-0.2, 0) is 16.9 Å². The second-order valence-electron chi connectivity index (χ2n) is 6.37. The van der Waals surface area contributed by atoms with E-state index < -0.39 is 0 Å². The molecule has 0 saturated heterocycles. The quantitative estimate of drug-likeness (QED) is 0.749. The average Bonchev–Trinajstić information content (AvgIpc) is 2.99. The van der Waals surface area contributed by atoms with Gasteiger partial charge in [-0.05, 0) is 55.8 Å². The molecule has 0 spiro atoms. The number of rotatable bonds is 6. The highest BCUT2D eigenvalue weighted by molar-refractivity contribution is 7.99. The molecule has 24 heavy (non-hydrogen) atoms. The van der Waals surface area contributed by atoms with Crippen molar-refractivity contribution in [3.63, 3.8) is 0 Å². The average molecular weight is 351 g/mol. The van der Waals surface area contributed by atoms with Crippen LogP contribution >= 0.6 is 11.8 Å². The molecule has 1 aromatic heterocycles. The van der Waals surface area contributed by atoms with Crippen LogP contribution in [0.2, 0.25) is 0 Å². The molecule has 1 aromatic carbocycles. The summed E-state index contributed by atoms with van der Waals surface area (Å²) >= 11 is 1.31. The molecule has 0 aliphatic carbocycles. The topological polar surface area (TPSA) is 63.9 Å². The van der Waals surface area contributed by atoms with Crippen LogP contribution in [0.25, 0.3) is 0 Å². The summed E-state index contributed by atoms with van der Waals surface area (Å²) < 4.78 is 15.0. The lowest BCUT2D eigenvalue weighted by Gasteiger charge is -2.22. The first kappa shape index (κ1) is 18.4. The molecule has 1 amide bonds. The molecule has 0 unspecified atom stereocenters. The Balaban J connectivity index is 1.99. The number of aromatic nitrogens is 4. The van der Waals surface area contributed by atoms with E-state index in [2.05, 4.69) is 15.5 Å². The van der Waals surface area contributed by atoms with Crippen molar-refractivity contribution in [1.29, 1.82) is 0 Å². The second-order valence-corrected chi connectivity index (χ2v) is 7.31. The zero-order valence-corrected chi connectivity index (χ0v) is 15.2. The van der Waals surface area contributed by atoms with E-state index in [1.54, 1.807) is 15.6 Å². The summed E-state index contributed by atoms with van der Waals surface area (Å²) in [4.78, 5) is 14.1. The first-order valence-electron chi connectivity index (χ1n) is 7.75. The van der Waals surface area contributed by atoms with Gasteiger partial charge < -0.3 is 4.90 Å². The summed E-state index contributed by atoms with van der Waals surface area (Å²) in [6.07, 6.45) is 0.